The number of hydrogen-bond donors (Lipinski definition) is 0. The second kappa shape index (κ2) is 13.6. The van der Waals surface area contributed by atoms with E-state index in [-0.39, 0.29) is 0 Å². The summed E-state index contributed by atoms with van der Waals surface area (Å²) in [5.41, 5.74) is 6.16. The highest BCUT2D eigenvalue weighted by molar-refractivity contribution is 5.82. The number of aryl methyl sites for hydroxylation is 2. The fourth-order valence-electron chi connectivity index (χ4n) is 3.25. The second-order valence-electron chi connectivity index (χ2n) is 8.21. The van der Waals surface area contributed by atoms with Crippen LogP contribution in [-0.4, -0.2) is 9.97 Å². The lowest BCUT2D eigenvalue weighted by Gasteiger charge is -2.06. The number of aromatic nitrogens is 2. The molecule has 2 heterocycles. The van der Waals surface area contributed by atoms with Crippen LogP contribution < -0.4 is 0 Å². The van der Waals surface area contributed by atoms with E-state index in [0.29, 0.717) is 11.8 Å². The van der Waals surface area contributed by atoms with Crippen LogP contribution in [0.5, 0.6) is 0 Å². The van der Waals surface area contributed by atoms with Crippen LogP contribution in [-0.2, 0) is 0 Å². The Morgan fingerprint density at radius 1 is 0.562 bits per heavy atom. The number of rotatable bonds is 2. The van der Waals surface area contributed by atoms with Crippen molar-refractivity contribution in [2.75, 3.05) is 0 Å². The highest BCUT2D eigenvalue weighted by atomic mass is 14.7. The van der Waals surface area contributed by atoms with E-state index < -0.39 is 0 Å². The summed E-state index contributed by atoms with van der Waals surface area (Å²) in [6.07, 6.45) is 3.85. The minimum absolute atomic E-state index is 0.583. The molecule has 0 radical (unpaired) electrons. The van der Waals surface area contributed by atoms with Crippen LogP contribution in [0.1, 0.15) is 89.6 Å². The molecule has 0 bridgehead atoms. The Labute approximate surface area is 196 Å². The number of pyridine rings is 2. The van der Waals surface area contributed by atoms with E-state index in [2.05, 4.69) is 93.1 Å². The normalized spacial score (nSPS) is 10.1. The molecule has 0 fully saturated rings. The molecule has 2 heteroatoms. The minimum atomic E-state index is 0.583. The smallest absolute Gasteiger partial charge is 0.0702 e. The Hall–Kier alpha value is -2.74. The van der Waals surface area contributed by atoms with Crippen molar-refractivity contribution in [3.8, 4) is 0 Å². The fraction of sp³-hybridized carbons (Fsp3) is 0.400. The molecule has 4 rings (SSSR count). The molecular formula is C30H42N2. The Kier molecular flexibility index (Phi) is 11.6. The lowest BCUT2D eigenvalue weighted by atomic mass is 10.00. The zero-order valence-corrected chi connectivity index (χ0v) is 21.8. The van der Waals surface area contributed by atoms with Gasteiger partial charge >= 0.3 is 0 Å². The third-order valence-corrected chi connectivity index (χ3v) is 5.06. The maximum absolute atomic E-state index is 4.38. The molecule has 0 spiro atoms. The Balaban J connectivity index is 0.000000277. The molecule has 0 aliphatic heterocycles. The van der Waals surface area contributed by atoms with Gasteiger partial charge in [-0.25, -0.2) is 0 Å². The van der Waals surface area contributed by atoms with E-state index in [0.717, 1.165) is 11.2 Å². The van der Waals surface area contributed by atoms with Gasteiger partial charge in [0.1, 0.15) is 0 Å². The molecule has 0 atom stereocenters. The van der Waals surface area contributed by atoms with Gasteiger partial charge in [-0.1, -0.05) is 79.7 Å². The van der Waals surface area contributed by atoms with Crippen molar-refractivity contribution in [3.05, 3.63) is 83.3 Å². The molecule has 0 aliphatic carbocycles. The molecule has 0 saturated carbocycles. The van der Waals surface area contributed by atoms with Gasteiger partial charge in [0, 0.05) is 28.9 Å². The predicted octanol–water partition coefficient (Wildman–Crippen LogP) is 9.39. The van der Waals surface area contributed by atoms with Crippen LogP contribution in [0.25, 0.3) is 21.7 Å². The van der Waals surface area contributed by atoms with Gasteiger partial charge < -0.3 is 0 Å². The Morgan fingerprint density at radius 2 is 1.12 bits per heavy atom. The van der Waals surface area contributed by atoms with Gasteiger partial charge in [-0.2, -0.15) is 0 Å². The van der Waals surface area contributed by atoms with E-state index >= 15 is 0 Å². The van der Waals surface area contributed by atoms with Crippen molar-refractivity contribution in [2.45, 2.75) is 81.1 Å². The molecule has 0 aliphatic rings. The van der Waals surface area contributed by atoms with Crippen molar-refractivity contribution < 1.29 is 0 Å². The standard InChI is InChI=1S/2C13H15N.2C2H6/c1-9(2)11-4-5-12-8-14-10(3)6-13(12)7-11;1-9(2)11-4-5-13-12(7-11)6-10(3)8-14-13;2*1-2/h2*4-9H,1-3H3;2*1-2H3. The van der Waals surface area contributed by atoms with Crippen molar-refractivity contribution >= 4 is 21.7 Å². The van der Waals surface area contributed by atoms with E-state index in [1.165, 1.54) is 32.8 Å². The molecule has 2 aromatic heterocycles. The first-order chi connectivity index (χ1) is 15.3. The third kappa shape index (κ3) is 7.75. The summed E-state index contributed by atoms with van der Waals surface area (Å²) in [6.45, 7) is 21.0. The SMILES string of the molecule is CC.CC.Cc1cc2cc(C(C)C)ccc2cn1.Cc1cnc2ccc(C(C)C)cc2c1. The first-order valence-corrected chi connectivity index (χ1v) is 12.1. The lowest BCUT2D eigenvalue weighted by Crippen LogP contribution is -1.88. The van der Waals surface area contributed by atoms with E-state index in [4.69, 9.17) is 0 Å². The summed E-state index contributed by atoms with van der Waals surface area (Å²) in [4.78, 5) is 8.66. The Bertz CT molecular complexity index is 1010. The molecule has 2 nitrogen and oxygen atoms in total. The summed E-state index contributed by atoms with van der Waals surface area (Å²) < 4.78 is 0. The molecule has 4 aromatic rings. The molecule has 0 N–H and O–H groups in total. The lowest BCUT2D eigenvalue weighted by molar-refractivity contribution is 0.868. The van der Waals surface area contributed by atoms with E-state index in [1.54, 1.807) is 0 Å². The topological polar surface area (TPSA) is 25.8 Å². The van der Waals surface area contributed by atoms with E-state index in [9.17, 15) is 0 Å². The minimum Gasteiger partial charge on any atom is -0.261 e. The van der Waals surface area contributed by atoms with Crippen molar-refractivity contribution in [1.29, 1.82) is 0 Å². The Morgan fingerprint density at radius 3 is 1.72 bits per heavy atom. The molecule has 0 unspecified atom stereocenters. The van der Waals surface area contributed by atoms with Gasteiger partial charge in [0.2, 0.25) is 0 Å². The molecule has 0 amide bonds. The van der Waals surface area contributed by atoms with Gasteiger partial charge in [-0.05, 0) is 72.0 Å². The number of benzene rings is 2. The first-order valence-electron chi connectivity index (χ1n) is 12.1. The van der Waals surface area contributed by atoms with Crippen molar-refractivity contribution in [3.63, 3.8) is 0 Å². The van der Waals surface area contributed by atoms with Crippen LogP contribution in [0.3, 0.4) is 0 Å². The number of nitrogens with zero attached hydrogens (tertiary/aromatic N) is 2. The summed E-state index contributed by atoms with van der Waals surface area (Å²) >= 11 is 0. The van der Waals surface area contributed by atoms with Crippen LogP contribution in [0.2, 0.25) is 0 Å². The number of fused-ring (bicyclic) bond motifs is 2. The quantitative estimate of drug-likeness (QED) is 0.316. The molecular weight excluding hydrogens is 388 g/mol. The fourth-order valence-corrected chi connectivity index (χ4v) is 3.25. The highest BCUT2D eigenvalue weighted by Gasteiger charge is 2.02. The van der Waals surface area contributed by atoms with Crippen molar-refractivity contribution in [2.24, 2.45) is 0 Å². The summed E-state index contributed by atoms with van der Waals surface area (Å²) in [6, 6.07) is 17.4. The van der Waals surface area contributed by atoms with Crippen LogP contribution in [0.4, 0.5) is 0 Å². The number of hydrogen-bond acceptors (Lipinski definition) is 2. The predicted molar refractivity (Wildman–Crippen MR) is 144 cm³/mol. The maximum Gasteiger partial charge on any atom is 0.0702 e. The maximum atomic E-state index is 4.38. The summed E-state index contributed by atoms with van der Waals surface area (Å²) in [7, 11) is 0. The molecule has 2 aromatic carbocycles. The molecule has 32 heavy (non-hydrogen) atoms. The van der Waals surface area contributed by atoms with Gasteiger partial charge in [0.05, 0.1) is 5.52 Å². The summed E-state index contributed by atoms with van der Waals surface area (Å²) in [5.74, 6) is 1.17. The molecule has 172 valence electrons. The summed E-state index contributed by atoms with van der Waals surface area (Å²) in [5, 5.41) is 3.76. The zero-order valence-electron chi connectivity index (χ0n) is 21.8. The van der Waals surface area contributed by atoms with Gasteiger partial charge in [-0.3, -0.25) is 9.97 Å². The monoisotopic (exact) mass is 430 g/mol. The van der Waals surface area contributed by atoms with Crippen molar-refractivity contribution in [1.82, 2.24) is 9.97 Å². The van der Waals surface area contributed by atoms with Crippen LogP contribution in [0, 0.1) is 13.8 Å². The van der Waals surface area contributed by atoms with E-state index in [1.807, 2.05) is 47.0 Å². The van der Waals surface area contributed by atoms with Crippen LogP contribution in [0.15, 0.2) is 60.9 Å². The third-order valence-electron chi connectivity index (χ3n) is 5.06. The van der Waals surface area contributed by atoms with Gasteiger partial charge in [0.15, 0.2) is 0 Å². The average Bonchev–Trinajstić information content (AvgIpc) is 2.81. The second-order valence-corrected chi connectivity index (χ2v) is 8.21. The average molecular weight is 431 g/mol. The van der Waals surface area contributed by atoms with Gasteiger partial charge in [0.25, 0.3) is 0 Å². The molecule has 0 saturated heterocycles. The largest absolute Gasteiger partial charge is 0.261 e. The first kappa shape index (κ1) is 27.3. The highest BCUT2D eigenvalue weighted by Crippen LogP contribution is 2.22. The zero-order chi connectivity index (χ0) is 24.3. The van der Waals surface area contributed by atoms with Gasteiger partial charge in [-0.15, -0.1) is 0 Å². The van der Waals surface area contributed by atoms with Crippen LogP contribution >= 0.6 is 0 Å².